The summed E-state index contributed by atoms with van der Waals surface area (Å²) < 4.78 is 0. The summed E-state index contributed by atoms with van der Waals surface area (Å²) in [7, 11) is 0. The van der Waals surface area contributed by atoms with Crippen LogP contribution in [0.5, 0.6) is 0 Å². The fourth-order valence-corrected chi connectivity index (χ4v) is 4.36. The molecule has 4 heteroatoms. The molecule has 1 aromatic heterocycles. The second kappa shape index (κ2) is 4.85. The molecule has 3 heterocycles. The van der Waals surface area contributed by atoms with Crippen molar-refractivity contribution in [2.75, 3.05) is 26.2 Å². The van der Waals surface area contributed by atoms with Crippen molar-refractivity contribution in [3.63, 3.8) is 0 Å². The molecule has 1 aromatic rings. The Balaban J connectivity index is 1.27. The van der Waals surface area contributed by atoms with E-state index < -0.39 is 0 Å². The van der Waals surface area contributed by atoms with Gasteiger partial charge >= 0.3 is 0 Å². The van der Waals surface area contributed by atoms with Gasteiger partial charge < -0.3 is 4.90 Å². The first-order chi connectivity index (χ1) is 9.72. The van der Waals surface area contributed by atoms with Crippen molar-refractivity contribution in [1.82, 2.24) is 9.80 Å². The van der Waals surface area contributed by atoms with Crippen LogP contribution in [0, 0.1) is 11.3 Å². The lowest BCUT2D eigenvalue weighted by atomic mass is 9.79. The molecule has 0 aromatic carbocycles. The fourth-order valence-electron chi connectivity index (χ4n) is 3.70. The number of carbonyl (C=O) groups excluding carboxylic acids is 1. The van der Waals surface area contributed by atoms with E-state index in [-0.39, 0.29) is 0 Å². The highest BCUT2D eigenvalue weighted by molar-refractivity contribution is 7.07. The number of hydrogen-bond acceptors (Lipinski definition) is 3. The van der Waals surface area contributed by atoms with Gasteiger partial charge in [-0.1, -0.05) is 0 Å². The molecule has 1 aliphatic carbocycles. The maximum atomic E-state index is 12.1. The molecule has 3 nitrogen and oxygen atoms in total. The largest absolute Gasteiger partial charge is 0.341 e. The van der Waals surface area contributed by atoms with E-state index in [1.165, 1.54) is 37.9 Å². The Morgan fingerprint density at radius 2 is 2.20 bits per heavy atom. The Morgan fingerprint density at radius 3 is 2.90 bits per heavy atom. The number of rotatable bonds is 4. The number of thiophene rings is 1. The van der Waals surface area contributed by atoms with Gasteiger partial charge in [0, 0.05) is 38.0 Å². The highest BCUT2D eigenvalue weighted by Crippen LogP contribution is 2.41. The van der Waals surface area contributed by atoms with Crippen LogP contribution in [0.2, 0.25) is 0 Å². The molecule has 3 aliphatic rings. The van der Waals surface area contributed by atoms with Crippen molar-refractivity contribution in [1.29, 1.82) is 0 Å². The lowest BCUT2D eigenvalue weighted by Gasteiger charge is -2.48. The summed E-state index contributed by atoms with van der Waals surface area (Å²) in [5, 5.41) is 4.40. The van der Waals surface area contributed by atoms with Crippen LogP contribution in [0.25, 0.3) is 0 Å². The molecule has 1 amide bonds. The molecule has 0 N–H and O–H groups in total. The van der Waals surface area contributed by atoms with Gasteiger partial charge in [0.05, 0.1) is 0 Å². The average Bonchev–Trinajstić information content (AvgIpc) is 2.91. The topological polar surface area (TPSA) is 23.6 Å². The van der Waals surface area contributed by atoms with E-state index in [2.05, 4.69) is 26.6 Å². The lowest BCUT2D eigenvalue weighted by Crippen LogP contribution is -2.59. The SMILES string of the molecule is O=C(CC1CC1)N1CC2(CCN(Cc3ccsc3)C2)C1. The first kappa shape index (κ1) is 12.8. The summed E-state index contributed by atoms with van der Waals surface area (Å²) in [5.41, 5.74) is 1.86. The van der Waals surface area contributed by atoms with Crippen molar-refractivity contribution in [3.8, 4) is 0 Å². The van der Waals surface area contributed by atoms with Crippen molar-refractivity contribution in [2.24, 2.45) is 11.3 Å². The van der Waals surface area contributed by atoms with Crippen LogP contribution in [-0.2, 0) is 11.3 Å². The second-order valence-corrected chi connectivity index (χ2v) is 7.77. The van der Waals surface area contributed by atoms with Crippen molar-refractivity contribution in [2.45, 2.75) is 32.2 Å². The monoisotopic (exact) mass is 290 g/mol. The molecular formula is C16H22N2OS. The van der Waals surface area contributed by atoms with Crippen LogP contribution in [0.1, 0.15) is 31.2 Å². The fraction of sp³-hybridized carbons (Fsp3) is 0.688. The van der Waals surface area contributed by atoms with E-state index in [1.54, 1.807) is 11.3 Å². The maximum absolute atomic E-state index is 12.1. The summed E-state index contributed by atoms with van der Waals surface area (Å²) in [5.74, 6) is 1.13. The zero-order valence-electron chi connectivity index (χ0n) is 11.9. The van der Waals surface area contributed by atoms with Gasteiger partial charge in [-0.05, 0) is 54.1 Å². The van der Waals surface area contributed by atoms with Crippen molar-refractivity contribution < 1.29 is 4.79 Å². The maximum Gasteiger partial charge on any atom is 0.222 e. The molecule has 0 unspecified atom stereocenters. The predicted molar refractivity (Wildman–Crippen MR) is 80.6 cm³/mol. The smallest absolute Gasteiger partial charge is 0.222 e. The third-order valence-corrected chi connectivity index (χ3v) is 5.80. The Kier molecular flexibility index (Phi) is 3.11. The van der Waals surface area contributed by atoms with Gasteiger partial charge in [0.25, 0.3) is 0 Å². The third-order valence-electron chi connectivity index (χ3n) is 5.07. The Morgan fingerprint density at radius 1 is 1.35 bits per heavy atom. The predicted octanol–water partition coefficient (Wildman–Crippen LogP) is 2.58. The highest BCUT2D eigenvalue weighted by Gasteiger charge is 2.49. The van der Waals surface area contributed by atoms with Crippen molar-refractivity contribution >= 4 is 17.2 Å². The zero-order chi connectivity index (χ0) is 13.6. The van der Waals surface area contributed by atoms with Crippen LogP contribution in [0.4, 0.5) is 0 Å². The average molecular weight is 290 g/mol. The first-order valence-corrected chi connectivity index (χ1v) is 8.68. The molecule has 1 saturated carbocycles. The Bertz CT molecular complexity index is 489. The molecule has 3 fully saturated rings. The van der Waals surface area contributed by atoms with E-state index in [0.29, 0.717) is 11.3 Å². The standard InChI is InChI=1S/C16H22N2OS/c19-15(7-13-1-2-13)18-11-16(12-18)4-5-17(10-16)8-14-3-6-20-9-14/h3,6,9,13H,1-2,4-5,7-8,10-12H2. The van der Waals surface area contributed by atoms with Crippen LogP contribution >= 0.6 is 11.3 Å². The van der Waals surface area contributed by atoms with Crippen LogP contribution in [-0.4, -0.2) is 41.9 Å². The summed E-state index contributed by atoms with van der Waals surface area (Å²) in [4.78, 5) is 16.7. The lowest BCUT2D eigenvalue weighted by molar-refractivity contribution is -0.143. The molecule has 0 atom stereocenters. The molecule has 108 valence electrons. The van der Waals surface area contributed by atoms with Crippen LogP contribution < -0.4 is 0 Å². The van der Waals surface area contributed by atoms with E-state index in [0.717, 1.165) is 32.0 Å². The van der Waals surface area contributed by atoms with Crippen LogP contribution in [0.15, 0.2) is 16.8 Å². The third kappa shape index (κ3) is 2.51. The minimum Gasteiger partial charge on any atom is -0.341 e. The normalized spacial score (nSPS) is 25.1. The van der Waals surface area contributed by atoms with Crippen LogP contribution in [0.3, 0.4) is 0 Å². The van der Waals surface area contributed by atoms with E-state index in [9.17, 15) is 4.79 Å². The summed E-state index contributed by atoms with van der Waals surface area (Å²) in [6.07, 6.45) is 4.64. The Hall–Kier alpha value is -0.870. The van der Waals surface area contributed by atoms with Gasteiger partial charge in [-0.15, -0.1) is 0 Å². The molecule has 20 heavy (non-hydrogen) atoms. The quantitative estimate of drug-likeness (QED) is 0.851. The molecule has 2 saturated heterocycles. The summed E-state index contributed by atoms with van der Waals surface area (Å²) >= 11 is 1.78. The molecule has 2 aliphatic heterocycles. The number of nitrogens with zero attached hydrogens (tertiary/aromatic N) is 2. The molecule has 0 bridgehead atoms. The van der Waals surface area contributed by atoms with Crippen molar-refractivity contribution in [3.05, 3.63) is 22.4 Å². The van der Waals surface area contributed by atoms with E-state index in [1.807, 2.05) is 0 Å². The minimum atomic E-state index is 0.411. The van der Waals surface area contributed by atoms with Gasteiger partial charge in [-0.25, -0.2) is 0 Å². The molecule has 0 radical (unpaired) electrons. The molecular weight excluding hydrogens is 268 g/mol. The number of hydrogen-bond donors (Lipinski definition) is 0. The van der Waals surface area contributed by atoms with Gasteiger partial charge in [0.2, 0.25) is 5.91 Å². The number of likely N-dealkylation sites (tertiary alicyclic amines) is 2. The number of carbonyl (C=O) groups is 1. The zero-order valence-corrected chi connectivity index (χ0v) is 12.7. The van der Waals surface area contributed by atoms with Gasteiger partial charge in [0.1, 0.15) is 0 Å². The molecule has 4 rings (SSSR count). The number of amides is 1. The van der Waals surface area contributed by atoms with Gasteiger partial charge in [0.15, 0.2) is 0 Å². The summed E-state index contributed by atoms with van der Waals surface area (Å²) in [6, 6.07) is 2.22. The highest BCUT2D eigenvalue weighted by atomic mass is 32.1. The van der Waals surface area contributed by atoms with Gasteiger partial charge in [-0.2, -0.15) is 11.3 Å². The summed E-state index contributed by atoms with van der Waals surface area (Å²) in [6.45, 7) is 5.48. The molecule has 1 spiro atoms. The minimum absolute atomic E-state index is 0.411. The second-order valence-electron chi connectivity index (χ2n) is 6.99. The van der Waals surface area contributed by atoms with Gasteiger partial charge in [-0.3, -0.25) is 9.69 Å². The first-order valence-electron chi connectivity index (χ1n) is 7.74. The van der Waals surface area contributed by atoms with E-state index in [4.69, 9.17) is 0 Å². The van der Waals surface area contributed by atoms with E-state index >= 15 is 0 Å². The Labute approximate surface area is 124 Å².